The molecule has 7 heteroatoms. The van der Waals surface area contributed by atoms with Crippen molar-refractivity contribution in [2.45, 2.75) is 30.6 Å². The molecule has 2 rings (SSSR count). The summed E-state index contributed by atoms with van der Waals surface area (Å²) in [6, 6.07) is 6.40. The van der Waals surface area contributed by atoms with Crippen molar-refractivity contribution in [3.8, 4) is 0 Å². The van der Waals surface area contributed by atoms with Crippen molar-refractivity contribution in [1.82, 2.24) is 9.62 Å². The topological polar surface area (TPSA) is 66.5 Å². The van der Waals surface area contributed by atoms with Gasteiger partial charge in [-0.05, 0) is 43.5 Å². The molecule has 0 radical (unpaired) electrons. The van der Waals surface area contributed by atoms with Crippen LogP contribution in [0.15, 0.2) is 33.6 Å². The zero-order valence-corrected chi connectivity index (χ0v) is 14.1. The van der Waals surface area contributed by atoms with Crippen molar-refractivity contribution in [1.29, 1.82) is 0 Å². The van der Waals surface area contributed by atoms with Gasteiger partial charge in [0, 0.05) is 30.5 Å². The van der Waals surface area contributed by atoms with Crippen LogP contribution < -0.4 is 4.72 Å². The van der Waals surface area contributed by atoms with Crippen molar-refractivity contribution in [2.75, 3.05) is 19.6 Å². The molecule has 1 saturated heterocycles. The van der Waals surface area contributed by atoms with E-state index in [1.54, 1.807) is 12.1 Å². The first-order valence-corrected chi connectivity index (χ1v) is 9.30. The fraction of sp³-hybridized carbons (Fsp3) is 0.500. The number of hydrogen-bond acceptors (Lipinski definition) is 3. The predicted octanol–water partition coefficient (Wildman–Crippen LogP) is 2.13. The Bertz CT molecular complexity index is 581. The van der Waals surface area contributed by atoms with E-state index in [1.807, 2.05) is 4.90 Å². The molecular formula is C14H19BrN2O3S. The second-order valence-electron chi connectivity index (χ2n) is 5.04. The summed E-state index contributed by atoms with van der Waals surface area (Å²) in [5.74, 6) is 0.0215. The third-order valence-corrected chi connectivity index (χ3v) is 5.47. The Morgan fingerprint density at radius 3 is 2.38 bits per heavy atom. The summed E-state index contributed by atoms with van der Waals surface area (Å²) in [6.07, 6.45) is 3.45. The van der Waals surface area contributed by atoms with Crippen molar-refractivity contribution in [3.05, 3.63) is 28.7 Å². The minimum Gasteiger partial charge on any atom is -0.343 e. The van der Waals surface area contributed by atoms with E-state index in [2.05, 4.69) is 20.7 Å². The monoisotopic (exact) mass is 374 g/mol. The highest BCUT2D eigenvalue weighted by molar-refractivity contribution is 9.10. The number of sulfonamides is 1. The first-order chi connectivity index (χ1) is 9.99. The largest absolute Gasteiger partial charge is 0.343 e. The number of halogens is 1. The zero-order valence-electron chi connectivity index (χ0n) is 11.7. The first kappa shape index (κ1) is 16.5. The Morgan fingerprint density at radius 1 is 1.14 bits per heavy atom. The van der Waals surface area contributed by atoms with E-state index in [0.29, 0.717) is 0 Å². The molecule has 1 N–H and O–H groups in total. The Hall–Kier alpha value is -0.920. The number of nitrogens with one attached hydrogen (secondary N) is 1. The third kappa shape index (κ3) is 4.79. The Kier molecular flexibility index (Phi) is 5.78. The highest BCUT2D eigenvalue weighted by Crippen LogP contribution is 2.14. The van der Waals surface area contributed by atoms with Crippen LogP contribution in [0.4, 0.5) is 0 Å². The minimum atomic E-state index is -3.55. The van der Waals surface area contributed by atoms with Crippen LogP contribution >= 0.6 is 15.9 Å². The van der Waals surface area contributed by atoms with Gasteiger partial charge in [0.1, 0.15) is 0 Å². The summed E-state index contributed by atoms with van der Waals surface area (Å²) in [6.45, 7) is 1.71. The lowest BCUT2D eigenvalue weighted by atomic mass is 10.1. The number of likely N-dealkylation sites (tertiary alicyclic amines) is 1. The van der Waals surface area contributed by atoms with Crippen molar-refractivity contribution in [3.63, 3.8) is 0 Å². The molecule has 0 unspecified atom stereocenters. The van der Waals surface area contributed by atoms with Crippen LogP contribution in [0.3, 0.4) is 0 Å². The summed E-state index contributed by atoms with van der Waals surface area (Å²) < 4.78 is 27.4. The molecule has 0 aliphatic carbocycles. The summed E-state index contributed by atoms with van der Waals surface area (Å²) in [5.41, 5.74) is 0. The molecule has 1 heterocycles. The lowest BCUT2D eigenvalue weighted by Gasteiger charge is -2.26. The van der Waals surface area contributed by atoms with Gasteiger partial charge in [-0.25, -0.2) is 13.1 Å². The van der Waals surface area contributed by atoms with E-state index in [9.17, 15) is 13.2 Å². The van der Waals surface area contributed by atoms with Gasteiger partial charge in [0.05, 0.1) is 4.90 Å². The van der Waals surface area contributed by atoms with E-state index < -0.39 is 10.0 Å². The van der Waals surface area contributed by atoms with E-state index in [-0.39, 0.29) is 23.8 Å². The Morgan fingerprint density at radius 2 is 1.76 bits per heavy atom. The van der Waals surface area contributed by atoms with Gasteiger partial charge in [-0.15, -0.1) is 0 Å². The van der Waals surface area contributed by atoms with Crippen LogP contribution in [0.5, 0.6) is 0 Å². The van der Waals surface area contributed by atoms with Crippen molar-refractivity contribution < 1.29 is 13.2 Å². The van der Waals surface area contributed by atoms with Crippen LogP contribution in [0.2, 0.25) is 0 Å². The number of carbonyl (C=O) groups is 1. The molecule has 21 heavy (non-hydrogen) atoms. The Balaban J connectivity index is 1.84. The van der Waals surface area contributed by atoms with Gasteiger partial charge < -0.3 is 4.90 Å². The number of amides is 1. The SMILES string of the molecule is O=C(CCNS(=O)(=O)c1ccc(Br)cc1)N1CCCCC1. The number of carbonyl (C=O) groups excluding carboxylic acids is 1. The number of benzene rings is 1. The zero-order chi connectivity index (χ0) is 15.3. The standard InChI is InChI=1S/C14H19BrN2O3S/c15-12-4-6-13(7-5-12)21(19,20)16-9-8-14(18)17-10-2-1-3-11-17/h4-7,16H,1-3,8-11H2. The molecule has 0 atom stereocenters. The van der Waals surface area contributed by atoms with Crippen LogP contribution in [-0.2, 0) is 14.8 Å². The van der Waals surface area contributed by atoms with Gasteiger partial charge >= 0.3 is 0 Å². The predicted molar refractivity (Wildman–Crippen MR) is 84.4 cm³/mol. The van der Waals surface area contributed by atoms with E-state index >= 15 is 0 Å². The second kappa shape index (κ2) is 7.38. The minimum absolute atomic E-state index is 0.0215. The van der Waals surface area contributed by atoms with Crippen LogP contribution in [0.25, 0.3) is 0 Å². The van der Waals surface area contributed by atoms with Crippen molar-refractivity contribution in [2.24, 2.45) is 0 Å². The first-order valence-electron chi connectivity index (χ1n) is 7.02. The molecule has 1 aromatic carbocycles. The second-order valence-corrected chi connectivity index (χ2v) is 7.73. The quantitative estimate of drug-likeness (QED) is 0.858. The molecule has 116 valence electrons. The fourth-order valence-corrected chi connectivity index (χ4v) is 3.59. The van der Waals surface area contributed by atoms with E-state index in [1.165, 1.54) is 18.6 Å². The fourth-order valence-electron chi connectivity index (χ4n) is 2.29. The number of hydrogen-bond donors (Lipinski definition) is 1. The summed E-state index contributed by atoms with van der Waals surface area (Å²) in [7, 11) is -3.55. The smallest absolute Gasteiger partial charge is 0.240 e. The number of nitrogens with zero attached hydrogens (tertiary/aromatic N) is 1. The van der Waals surface area contributed by atoms with E-state index in [0.717, 1.165) is 30.4 Å². The van der Waals surface area contributed by atoms with Gasteiger partial charge in [0.15, 0.2) is 0 Å². The average Bonchev–Trinajstić information content (AvgIpc) is 2.48. The number of rotatable bonds is 5. The number of piperidine rings is 1. The molecule has 1 aliphatic rings. The molecule has 5 nitrogen and oxygen atoms in total. The average molecular weight is 375 g/mol. The highest BCUT2D eigenvalue weighted by atomic mass is 79.9. The van der Waals surface area contributed by atoms with Gasteiger partial charge in [-0.1, -0.05) is 15.9 Å². The summed E-state index contributed by atoms with van der Waals surface area (Å²) in [4.78, 5) is 14.0. The molecule has 0 spiro atoms. The van der Waals surface area contributed by atoms with Crippen LogP contribution in [0.1, 0.15) is 25.7 Å². The molecule has 1 amide bonds. The van der Waals surface area contributed by atoms with Gasteiger partial charge in [-0.2, -0.15) is 0 Å². The summed E-state index contributed by atoms with van der Waals surface area (Å²) >= 11 is 3.26. The van der Waals surface area contributed by atoms with Gasteiger partial charge in [0.2, 0.25) is 15.9 Å². The van der Waals surface area contributed by atoms with Gasteiger partial charge in [0.25, 0.3) is 0 Å². The molecular weight excluding hydrogens is 356 g/mol. The Labute approximate surface area is 133 Å². The maximum Gasteiger partial charge on any atom is 0.240 e. The maximum absolute atomic E-state index is 12.0. The molecule has 1 fully saturated rings. The summed E-state index contributed by atoms with van der Waals surface area (Å²) in [5, 5.41) is 0. The molecule has 0 bridgehead atoms. The lowest BCUT2D eigenvalue weighted by Crippen LogP contribution is -2.37. The lowest BCUT2D eigenvalue weighted by molar-refractivity contribution is -0.131. The van der Waals surface area contributed by atoms with Gasteiger partial charge in [-0.3, -0.25) is 4.79 Å². The van der Waals surface area contributed by atoms with Crippen LogP contribution in [-0.4, -0.2) is 38.9 Å². The van der Waals surface area contributed by atoms with Crippen molar-refractivity contribution >= 4 is 31.9 Å². The maximum atomic E-state index is 12.0. The highest BCUT2D eigenvalue weighted by Gasteiger charge is 2.18. The van der Waals surface area contributed by atoms with E-state index in [4.69, 9.17) is 0 Å². The molecule has 1 aliphatic heterocycles. The normalized spacial score (nSPS) is 16.0. The molecule has 0 aromatic heterocycles. The molecule has 0 saturated carbocycles. The third-order valence-electron chi connectivity index (χ3n) is 3.46. The molecule has 1 aromatic rings. The van der Waals surface area contributed by atoms with Crippen LogP contribution in [0, 0.1) is 0 Å².